The van der Waals surface area contributed by atoms with Crippen molar-refractivity contribution in [2.75, 3.05) is 14.2 Å². The number of methoxy groups -OCH3 is 2. The third kappa shape index (κ3) is 2.35. The molecule has 18 heavy (non-hydrogen) atoms. The molecule has 1 aliphatic rings. The number of hydrogen-bond donors (Lipinski definition) is 0. The van der Waals surface area contributed by atoms with Crippen LogP contribution in [0, 0.1) is 0 Å². The van der Waals surface area contributed by atoms with Crippen molar-refractivity contribution >= 4 is 33.7 Å². The first-order valence-electron chi connectivity index (χ1n) is 5.43. The fraction of sp³-hybridized carbons (Fsp3) is 0.417. The molecule has 1 atom stereocenters. The number of ether oxygens (including phenoxy) is 2. The highest BCUT2D eigenvalue weighted by atomic mass is 79.9. The molecule has 0 aromatic heterocycles. The number of rotatable bonds is 2. The molecule has 0 aliphatic carbocycles. The molecule has 0 saturated heterocycles. The molecule has 2 rings (SSSR count). The van der Waals surface area contributed by atoms with Crippen LogP contribution in [0.5, 0.6) is 5.75 Å². The van der Waals surface area contributed by atoms with Gasteiger partial charge in [-0.3, -0.25) is 4.79 Å². The summed E-state index contributed by atoms with van der Waals surface area (Å²) in [4.78, 5) is 11.7. The molecule has 1 unspecified atom stereocenters. The molecule has 0 saturated carbocycles. The Morgan fingerprint density at radius 3 is 2.78 bits per heavy atom. The minimum absolute atomic E-state index is 0.328. The van der Waals surface area contributed by atoms with Crippen LogP contribution >= 0.6 is 27.7 Å². The lowest BCUT2D eigenvalue weighted by atomic mass is 9.95. The molecule has 0 N–H and O–H groups in total. The summed E-state index contributed by atoms with van der Waals surface area (Å²) in [5.41, 5.74) is 2.05. The van der Waals surface area contributed by atoms with Gasteiger partial charge in [-0.1, -0.05) is 15.9 Å². The summed E-state index contributed by atoms with van der Waals surface area (Å²) < 4.78 is 12.5. The monoisotopic (exact) mass is 333 g/mol. The Bertz CT molecular complexity index is 481. The molecule has 0 fully saturated rings. The Labute approximate surface area is 119 Å². The van der Waals surface area contributed by atoms with Gasteiger partial charge in [0.1, 0.15) is 11.8 Å². The summed E-state index contributed by atoms with van der Waals surface area (Å²) in [6.07, 6.45) is 0.503. The van der Waals surface area contributed by atoms with Gasteiger partial charge >= 0.3 is 5.97 Å². The first-order valence-corrected chi connectivity index (χ1v) is 6.56. The number of carbonyl (C=O) groups is 1. The van der Waals surface area contributed by atoms with Crippen molar-refractivity contribution in [2.24, 2.45) is 0 Å². The normalized spacial score (nSPS) is 19.2. The standard InChI is InChI=1S/C12H13BrClNO3/c1-17-11-4-3-9(13)7-5-10(12(16)18-2)15(14)6-8(7)11/h3-4,10H,5-6H2,1-2H3. The third-order valence-corrected chi connectivity index (χ3v) is 4.17. The minimum Gasteiger partial charge on any atom is -0.496 e. The predicted octanol–water partition coefficient (Wildman–Crippen LogP) is 2.51. The van der Waals surface area contributed by atoms with E-state index in [9.17, 15) is 4.79 Å². The van der Waals surface area contributed by atoms with Crippen LogP contribution in [0.3, 0.4) is 0 Å². The average Bonchev–Trinajstić information content (AvgIpc) is 2.38. The zero-order valence-corrected chi connectivity index (χ0v) is 12.4. The highest BCUT2D eigenvalue weighted by Crippen LogP contribution is 2.36. The maximum atomic E-state index is 11.7. The van der Waals surface area contributed by atoms with Gasteiger partial charge in [0.15, 0.2) is 0 Å². The van der Waals surface area contributed by atoms with Crippen LogP contribution in [0.2, 0.25) is 0 Å². The summed E-state index contributed by atoms with van der Waals surface area (Å²) in [5, 5.41) is 0. The first kappa shape index (κ1) is 13.6. The van der Waals surface area contributed by atoms with Crippen molar-refractivity contribution < 1.29 is 14.3 Å². The summed E-state index contributed by atoms with van der Waals surface area (Å²) >= 11 is 9.62. The fourth-order valence-electron chi connectivity index (χ4n) is 2.12. The van der Waals surface area contributed by atoms with Crippen molar-refractivity contribution in [1.82, 2.24) is 4.42 Å². The molecule has 1 heterocycles. The maximum Gasteiger partial charge on any atom is 0.324 e. The van der Waals surface area contributed by atoms with E-state index in [4.69, 9.17) is 21.3 Å². The van der Waals surface area contributed by atoms with Crippen LogP contribution in [0.1, 0.15) is 11.1 Å². The van der Waals surface area contributed by atoms with E-state index in [2.05, 4.69) is 15.9 Å². The number of esters is 1. The summed E-state index contributed by atoms with van der Waals surface area (Å²) in [6, 6.07) is 3.33. The SMILES string of the molecule is COC(=O)C1Cc2c(Br)ccc(OC)c2CN1Cl. The number of carbonyl (C=O) groups excluding carboxylic acids is 1. The molecule has 0 amide bonds. The highest BCUT2D eigenvalue weighted by molar-refractivity contribution is 9.10. The second-order valence-electron chi connectivity index (χ2n) is 4.01. The van der Waals surface area contributed by atoms with Gasteiger partial charge in [0, 0.05) is 23.0 Å². The molecular formula is C12H13BrClNO3. The molecule has 0 spiro atoms. The van der Waals surface area contributed by atoms with Crippen LogP contribution in [0.4, 0.5) is 0 Å². The second-order valence-corrected chi connectivity index (χ2v) is 5.30. The Kier molecular flexibility index (Phi) is 4.14. The third-order valence-electron chi connectivity index (χ3n) is 3.07. The van der Waals surface area contributed by atoms with Crippen molar-refractivity contribution in [2.45, 2.75) is 19.0 Å². The summed E-state index contributed by atoms with van der Waals surface area (Å²) in [7, 11) is 2.98. The van der Waals surface area contributed by atoms with E-state index < -0.39 is 6.04 Å². The van der Waals surface area contributed by atoms with E-state index in [0.717, 1.165) is 21.3 Å². The van der Waals surface area contributed by atoms with Crippen molar-refractivity contribution in [3.8, 4) is 5.75 Å². The van der Waals surface area contributed by atoms with E-state index in [1.807, 2.05) is 12.1 Å². The zero-order chi connectivity index (χ0) is 13.3. The van der Waals surface area contributed by atoms with E-state index in [-0.39, 0.29) is 5.97 Å². The van der Waals surface area contributed by atoms with Gasteiger partial charge in [-0.25, -0.2) is 4.42 Å². The van der Waals surface area contributed by atoms with Crippen molar-refractivity contribution in [3.05, 3.63) is 27.7 Å². The molecule has 6 heteroatoms. The topological polar surface area (TPSA) is 38.8 Å². The van der Waals surface area contributed by atoms with E-state index in [1.165, 1.54) is 11.5 Å². The van der Waals surface area contributed by atoms with Gasteiger partial charge in [0.2, 0.25) is 0 Å². The van der Waals surface area contributed by atoms with Gasteiger partial charge in [-0.15, -0.1) is 0 Å². The lowest BCUT2D eigenvalue weighted by molar-refractivity contribution is -0.145. The number of benzene rings is 1. The van der Waals surface area contributed by atoms with Gasteiger partial charge < -0.3 is 9.47 Å². The number of halogens is 2. The number of nitrogens with zero attached hydrogens (tertiary/aromatic N) is 1. The molecule has 0 bridgehead atoms. The molecule has 1 aliphatic heterocycles. The smallest absolute Gasteiger partial charge is 0.324 e. The Hall–Kier alpha value is -0.780. The van der Waals surface area contributed by atoms with Crippen LogP contribution in [0.25, 0.3) is 0 Å². The Morgan fingerprint density at radius 2 is 2.17 bits per heavy atom. The Morgan fingerprint density at radius 1 is 1.44 bits per heavy atom. The van der Waals surface area contributed by atoms with Crippen molar-refractivity contribution in [3.63, 3.8) is 0 Å². The quantitative estimate of drug-likeness (QED) is 0.615. The van der Waals surface area contributed by atoms with E-state index in [1.54, 1.807) is 7.11 Å². The molecule has 1 aromatic rings. The van der Waals surface area contributed by atoms with Crippen LogP contribution in [-0.4, -0.2) is 30.6 Å². The summed E-state index contributed by atoms with van der Waals surface area (Å²) in [6.45, 7) is 0.444. The second kappa shape index (κ2) is 5.47. The molecular weight excluding hydrogens is 321 g/mol. The van der Waals surface area contributed by atoms with Crippen molar-refractivity contribution in [1.29, 1.82) is 0 Å². The molecule has 98 valence electrons. The maximum absolute atomic E-state index is 11.7. The average molecular weight is 335 g/mol. The van der Waals surface area contributed by atoms with Gasteiger partial charge in [0.25, 0.3) is 0 Å². The largest absolute Gasteiger partial charge is 0.496 e. The highest BCUT2D eigenvalue weighted by Gasteiger charge is 2.34. The van der Waals surface area contributed by atoms with Gasteiger partial charge in [-0.05, 0) is 29.5 Å². The van der Waals surface area contributed by atoms with Crippen LogP contribution < -0.4 is 4.74 Å². The van der Waals surface area contributed by atoms with Crippen LogP contribution in [0.15, 0.2) is 16.6 Å². The predicted molar refractivity (Wildman–Crippen MR) is 71.6 cm³/mol. The van der Waals surface area contributed by atoms with Gasteiger partial charge in [0.05, 0.1) is 14.2 Å². The fourth-order valence-corrected chi connectivity index (χ4v) is 2.92. The lowest BCUT2D eigenvalue weighted by Crippen LogP contribution is -2.41. The van der Waals surface area contributed by atoms with E-state index in [0.29, 0.717) is 13.0 Å². The molecule has 0 radical (unpaired) electrons. The zero-order valence-electron chi connectivity index (χ0n) is 10.1. The number of hydrogen-bond acceptors (Lipinski definition) is 4. The van der Waals surface area contributed by atoms with E-state index >= 15 is 0 Å². The lowest BCUT2D eigenvalue weighted by Gasteiger charge is -2.31. The minimum atomic E-state index is -0.465. The molecule has 1 aromatic carbocycles. The molecule has 4 nitrogen and oxygen atoms in total. The first-order chi connectivity index (χ1) is 8.58. The number of fused-ring (bicyclic) bond motifs is 1. The van der Waals surface area contributed by atoms with Crippen LogP contribution in [-0.2, 0) is 22.5 Å². The summed E-state index contributed by atoms with van der Waals surface area (Å²) in [5.74, 6) is 0.451. The van der Waals surface area contributed by atoms with Gasteiger partial charge in [-0.2, -0.15) is 0 Å². The Balaban J connectivity index is 2.41.